The molecule has 5 aromatic heterocycles. The standard InChI is InChI=1S/C31H28FN7O2/c1-40-24-12-20(16-33-18-24)21-13-26-30(37-38-31(26)35-17-21)28-15-25-27(36-28)4-5-34-29(25)19-10-22(32)14-23(11-19)41-9-8-39-6-2-3-7-39/h4-5,10-18,36H,2-3,6-9H2,1H3,(H,35,37,38). The molecule has 0 atom stereocenters. The van der Waals surface area contributed by atoms with Crippen LogP contribution >= 0.6 is 0 Å². The summed E-state index contributed by atoms with van der Waals surface area (Å²) in [7, 11) is 1.61. The van der Waals surface area contributed by atoms with Crippen LogP contribution in [-0.2, 0) is 0 Å². The molecule has 0 unspecified atom stereocenters. The second kappa shape index (κ2) is 10.6. The highest BCUT2D eigenvalue weighted by atomic mass is 19.1. The van der Waals surface area contributed by atoms with E-state index >= 15 is 0 Å². The Kier molecular flexibility index (Phi) is 6.52. The van der Waals surface area contributed by atoms with E-state index in [0.717, 1.165) is 58.4 Å². The molecule has 0 aliphatic carbocycles. The first-order chi connectivity index (χ1) is 20.1. The van der Waals surface area contributed by atoms with Crippen molar-refractivity contribution in [3.05, 3.63) is 73.1 Å². The van der Waals surface area contributed by atoms with Crippen LogP contribution in [-0.4, -0.2) is 68.4 Å². The summed E-state index contributed by atoms with van der Waals surface area (Å²) >= 11 is 0. The number of nitrogens with zero attached hydrogens (tertiary/aromatic N) is 5. The number of nitrogens with one attached hydrogen (secondary N) is 2. The zero-order valence-electron chi connectivity index (χ0n) is 22.5. The average Bonchev–Trinajstić information content (AvgIpc) is 3.76. The maximum Gasteiger partial charge on any atom is 0.181 e. The van der Waals surface area contributed by atoms with E-state index in [1.807, 2.05) is 30.3 Å². The van der Waals surface area contributed by atoms with Crippen molar-refractivity contribution in [3.8, 4) is 45.3 Å². The van der Waals surface area contributed by atoms with Crippen molar-refractivity contribution < 1.29 is 13.9 Å². The van der Waals surface area contributed by atoms with E-state index in [2.05, 4.69) is 35.0 Å². The summed E-state index contributed by atoms with van der Waals surface area (Å²) in [4.78, 5) is 19.3. The molecule has 0 spiro atoms. The van der Waals surface area contributed by atoms with E-state index in [1.54, 1.807) is 31.9 Å². The number of aromatic nitrogens is 6. The predicted octanol–water partition coefficient (Wildman–Crippen LogP) is 5.85. The Morgan fingerprint density at radius 3 is 2.63 bits per heavy atom. The summed E-state index contributed by atoms with van der Waals surface area (Å²) < 4.78 is 26.0. The Bertz CT molecular complexity index is 1860. The predicted molar refractivity (Wildman–Crippen MR) is 155 cm³/mol. The van der Waals surface area contributed by atoms with Gasteiger partial charge in [0.1, 0.15) is 23.9 Å². The highest BCUT2D eigenvalue weighted by Crippen LogP contribution is 2.35. The molecule has 10 heteroatoms. The fourth-order valence-corrected chi connectivity index (χ4v) is 5.45. The van der Waals surface area contributed by atoms with E-state index in [9.17, 15) is 4.39 Å². The van der Waals surface area contributed by atoms with Gasteiger partial charge in [-0.25, -0.2) is 9.37 Å². The lowest BCUT2D eigenvalue weighted by Gasteiger charge is -2.15. The summed E-state index contributed by atoms with van der Waals surface area (Å²) in [5.41, 5.74) is 6.17. The number of halogens is 1. The van der Waals surface area contributed by atoms with Crippen LogP contribution < -0.4 is 9.47 Å². The van der Waals surface area contributed by atoms with Crippen LogP contribution in [0.1, 0.15) is 12.8 Å². The molecule has 0 radical (unpaired) electrons. The van der Waals surface area contributed by atoms with Gasteiger partial charge in [0.15, 0.2) is 5.65 Å². The second-order valence-corrected chi connectivity index (χ2v) is 10.2. The van der Waals surface area contributed by atoms with Crippen LogP contribution in [0.3, 0.4) is 0 Å². The largest absolute Gasteiger partial charge is 0.495 e. The first kappa shape index (κ1) is 25.2. The van der Waals surface area contributed by atoms with Crippen LogP contribution in [0, 0.1) is 5.82 Å². The van der Waals surface area contributed by atoms with Gasteiger partial charge in [-0.05, 0) is 62.3 Å². The van der Waals surface area contributed by atoms with Crippen LogP contribution in [0.5, 0.6) is 11.5 Å². The van der Waals surface area contributed by atoms with Crippen molar-refractivity contribution in [3.63, 3.8) is 0 Å². The van der Waals surface area contributed by atoms with Crippen LogP contribution in [0.2, 0.25) is 0 Å². The number of hydrogen-bond donors (Lipinski definition) is 2. The molecule has 6 heterocycles. The highest BCUT2D eigenvalue weighted by Gasteiger charge is 2.17. The normalized spacial score (nSPS) is 13.8. The number of pyridine rings is 3. The molecule has 0 amide bonds. The van der Waals surface area contributed by atoms with Crippen molar-refractivity contribution in [1.29, 1.82) is 0 Å². The van der Waals surface area contributed by atoms with Gasteiger partial charge in [-0.2, -0.15) is 5.10 Å². The topological polar surface area (TPSA) is 105 Å². The van der Waals surface area contributed by atoms with Gasteiger partial charge in [0.05, 0.1) is 30.4 Å². The third-order valence-corrected chi connectivity index (χ3v) is 7.53. The fourth-order valence-electron chi connectivity index (χ4n) is 5.45. The monoisotopic (exact) mass is 549 g/mol. The zero-order chi connectivity index (χ0) is 27.8. The number of benzene rings is 1. The summed E-state index contributed by atoms with van der Waals surface area (Å²) in [5.74, 6) is 0.806. The molecule has 7 rings (SSSR count). The molecule has 9 nitrogen and oxygen atoms in total. The first-order valence-corrected chi connectivity index (χ1v) is 13.6. The quantitative estimate of drug-likeness (QED) is 0.245. The fraction of sp³-hybridized carbons (Fsp3) is 0.226. The summed E-state index contributed by atoms with van der Waals surface area (Å²) in [6, 6.07) is 12.6. The van der Waals surface area contributed by atoms with E-state index < -0.39 is 0 Å². The van der Waals surface area contributed by atoms with Gasteiger partial charge in [0, 0.05) is 64.2 Å². The van der Waals surface area contributed by atoms with Gasteiger partial charge in [0.25, 0.3) is 0 Å². The first-order valence-electron chi connectivity index (χ1n) is 13.6. The van der Waals surface area contributed by atoms with Gasteiger partial charge < -0.3 is 14.5 Å². The number of rotatable bonds is 8. The van der Waals surface area contributed by atoms with Gasteiger partial charge >= 0.3 is 0 Å². The van der Waals surface area contributed by atoms with E-state index in [-0.39, 0.29) is 5.82 Å². The Hall–Kier alpha value is -4.83. The molecule has 2 N–H and O–H groups in total. The van der Waals surface area contributed by atoms with E-state index in [0.29, 0.717) is 35.0 Å². The smallest absolute Gasteiger partial charge is 0.181 e. The Morgan fingerprint density at radius 1 is 0.902 bits per heavy atom. The molecule has 1 aliphatic heterocycles. The molecule has 206 valence electrons. The number of fused-ring (bicyclic) bond motifs is 2. The lowest BCUT2D eigenvalue weighted by atomic mass is 10.1. The Balaban J connectivity index is 1.23. The van der Waals surface area contributed by atoms with Gasteiger partial charge in [-0.1, -0.05) is 0 Å². The minimum Gasteiger partial charge on any atom is -0.495 e. The van der Waals surface area contributed by atoms with Gasteiger partial charge in [0.2, 0.25) is 0 Å². The SMILES string of the molecule is COc1cncc(-c2cnc3n[nH]c(-c4cc5c(-c6cc(F)cc(OCCN7CCCC7)c6)nccc5[nH]4)c3c2)c1. The number of hydrogen-bond acceptors (Lipinski definition) is 7. The van der Waals surface area contributed by atoms with Crippen molar-refractivity contribution in [2.75, 3.05) is 33.4 Å². The maximum atomic E-state index is 14.7. The minimum atomic E-state index is -0.363. The molecule has 1 aromatic carbocycles. The highest BCUT2D eigenvalue weighted by molar-refractivity contribution is 6.00. The number of likely N-dealkylation sites (tertiary alicyclic amines) is 1. The number of aromatic amines is 2. The van der Waals surface area contributed by atoms with Crippen LogP contribution in [0.4, 0.5) is 4.39 Å². The van der Waals surface area contributed by atoms with Gasteiger partial charge in [-0.15, -0.1) is 0 Å². The Labute approximate surface area is 235 Å². The van der Waals surface area contributed by atoms with E-state index in [4.69, 9.17) is 9.47 Å². The van der Waals surface area contributed by atoms with Crippen molar-refractivity contribution in [2.24, 2.45) is 0 Å². The molecule has 0 saturated carbocycles. The zero-order valence-corrected chi connectivity index (χ0v) is 22.5. The van der Waals surface area contributed by atoms with Crippen molar-refractivity contribution >= 4 is 21.9 Å². The Morgan fingerprint density at radius 2 is 1.76 bits per heavy atom. The molecule has 1 aliphatic rings. The van der Waals surface area contributed by atoms with Crippen molar-refractivity contribution in [1.82, 2.24) is 35.0 Å². The summed E-state index contributed by atoms with van der Waals surface area (Å²) in [6.07, 6.45) is 9.38. The number of H-pyrrole nitrogens is 2. The lowest BCUT2D eigenvalue weighted by Crippen LogP contribution is -2.25. The molecule has 41 heavy (non-hydrogen) atoms. The summed E-state index contributed by atoms with van der Waals surface area (Å²) in [5, 5.41) is 9.25. The third-order valence-electron chi connectivity index (χ3n) is 7.53. The molecule has 6 aromatic rings. The van der Waals surface area contributed by atoms with Gasteiger partial charge in [-0.3, -0.25) is 20.0 Å². The minimum absolute atomic E-state index is 0.363. The second-order valence-electron chi connectivity index (χ2n) is 10.2. The third kappa shape index (κ3) is 4.98. The molecule has 1 saturated heterocycles. The average molecular weight is 550 g/mol. The van der Waals surface area contributed by atoms with Crippen LogP contribution in [0.25, 0.3) is 55.7 Å². The summed E-state index contributed by atoms with van der Waals surface area (Å²) in [6.45, 7) is 3.55. The van der Waals surface area contributed by atoms with Crippen LogP contribution in [0.15, 0.2) is 67.3 Å². The molecular formula is C31H28FN7O2. The number of ether oxygens (including phenoxy) is 2. The van der Waals surface area contributed by atoms with Crippen molar-refractivity contribution in [2.45, 2.75) is 12.8 Å². The number of methoxy groups -OCH3 is 1. The molecule has 1 fully saturated rings. The molecular weight excluding hydrogens is 521 g/mol. The molecule has 0 bridgehead atoms. The van der Waals surface area contributed by atoms with E-state index in [1.165, 1.54) is 25.0 Å². The maximum absolute atomic E-state index is 14.7. The lowest BCUT2D eigenvalue weighted by molar-refractivity contribution is 0.237.